The van der Waals surface area contributed by atoms with Gasteiger partial charge in [-0.1, -0.05) is 18.9 Å². The highest BCUT2D eigenvalue weighted by Gasteiger charge is 2.46. The third-order valence-electron chi connectivity index (χ3n) is 4.17. The van der Waals surface area contributed by atoms with Crippen LogP contribution in [0.25, 0.3) is 0 Å². The summed E-state index contributed by atoms with van der Waals surface area (Å²) < 4.78 is 39.1. The van der Waals surface area contributed by atoms with Crippen molar-refractivity contribution in [1.82, 2.24) is 5.32 Å². The Kier molecular flexibility index (Phi) is 4.91. The minimum atomic E-state index is -4.36. The first-order chi connectivity index (χ1) is 10.7. The molecule has 0 unspecified atom stereocenters. The summed E-state index contributed by atoms with van der Waals surface area (Å²) in [6.45, 7) is 1.53. The van der Waals surface area contributed by atoms with E-state index in [2.05, 4.69) is 5.32 Å². The standard InChI is InChI=1S/C15H17F3N2O3/c1-9-6-7-10(8-13(9)20(22)23)14(21)19-12-5-3-2-4-11(12)15(16,17)18/h6-8,11-12H,2-5H2,1H3,(H,19,21)/t11-,12-/m1/s1. The van der Waals surface area contributed by atoms with E-state index in [0.717, 1.165) is 6.07 Å². The van der Waals surface area contributed by atoms with Crippen LogP contribution in [0, 0.1) is 23.0 Å². The first kappa shape index (κ1) is 17.2. The molecular weight excluding hydrogens is 313 g/mol. The molecule has 0 spiro atoms. The van der Waals surface area contributed by atoms with E-state index in [-0.39, 0.29) is 24.1 Å². The van der Waals surface area contributed by atoms with E-state index < -0.39 is 29.0 Å². The van der Waals surface area contributed by atoms with Gasteiger partial charge in [-0.2, -0.15) is 13.2 Å². The number of benzene rings is 1. The molecular formula is C15H17F3N2O3. The number of nitrogens with one attached hydrogen (secondary N) is 1. The van der Waals surface area contributed by atoms with Crippen molar-refractivity contribution in [3.63, 3.8) is 0 Å². The van der Waals surface area contributed by atoms with Crippen LogP contribution in [0.4, 0.5) is 18.9 Å². The van der Waals surface area contributed by atoms with E-state index in [1.165, 1.54) is 19.1 Å². The van der Waals surface area contributed by atoms with Gasteiger partial charge in [0, 0.05) is 23.2 Å². The van der Waals surface area contributed by atoms with E-state index in [1.807, 2.05) is 0 Å². The third kappa shape index (κ3) is 4.00. The fourth-order valence-corrected chi connectivity index (χ4v) is 2.89. The molecule has 0 heterocycles. The summed E-state index contributed by atoms with van der Waals surface area (Å²) in [7, 11) is 0. The maximum absolute atomic E-state index is 13.0. The summed E-state index contributed by atoms with van der Waals surface area (Å²) in [6, 6.07) is 2.89. The average Bonchev–Trinajstić information content (AvgIpc) is 2.46. The molecule has 0 aromatic heterocycles. The smallest absolute Gasteiger partial charge is 0.349 e. The van der Waals surface area contributed by atoms with Crippen molar-refractivity contribution in [1.29, 1.82) is 0 Å². The van der Waals surface area contributed by atoms with Crippen LogP contribution >= 0.6 is 0 Å². The highest BCUT2D eigenvalue weighted by molar-refractivity contribution is 5.95. The minimum absolute atomic E-state index is 0.00574. The molecule has 2 rings (SSSR count). The summed E-state index contributed by atoms with van der Waals surface area (Å²) >= 11 is 0. The molecule has 0 saturated heterocycles. The number of rotatable bonds is 3. The number of carbonyl (C=O) groups excluding carboxylic acids is 1. The van der Waals surface area contributed by atoms with Gasteiger partial charge in [0.25, 0.3) is 11.6 Å². The van der Waals surface area contributed by atoms with Gasteiger partial charge in [-0.15, -0.1) is 0 Å². The van der Waals surface area contributed by atoms with E-state index in [4.69, 9.17) is 0 Å². The molecule has 1 amide bonds. The molecule has 0 radical (unpaired) electrons. The van der Waals surface area contributed by atoms with E-state index in [1.54, 1.807) is 0 Å². The number of hydrogen-bond donors (Lipinski definition) is 1. The number of nitrogens with zero attached hydrogens (tertiary/aromatic N) is 1. The van der Waals surface area contributed by atoms with Crippen LogP contribution in [0.15, 0.2) is 18.2 Å². The summed E-state index contributed by atoms with van der Waals surface area (Å²) in [5.74, 6) is -2.28. The lowest BCUT2D eigenvalue weighted by atomic mass is 9.84. The van der Waals surface area contributed by atoms with Crippen LogP contribution in [-0.4, -0.2) is 23.0 Å². The van der Waals surface area contributed by atoms with Crippen molar-refractivity contribution in [3.05, 3.63) is 39.4 Å². The fourth-order valence-electron chi connectivity index (χ4n) is 2.89. The Morgan fingerprint density at radius 1 is 1.30 bits per heavy atom. The zero-order chi connectivity index (χ0) is 17.2. The Bertz CT molecular complexity index is 616. The second-order valence-corrected chi connectivity index (χ2v) is 5.77. The molecule has 2 atom stereocenters. The van der Waals surface area contributed by atoms with Gasteiger partial charge in [-0.05, 0) is 25.8 Å². The van der Waals surface area contributed by atoms with Crippen LogP contribution in [0.1, 0.15) is 41.6 Å². The maximum Gasteiger partial charge on any atom is 0.393 e. The number of alkyl halides is 3. The molecule has 0 bridgehead atoms. The van der Waals surface area contributed by atoms with E-state index in [0.29, 0.717) is 18.4 Å². The lowest BCUT2D eigenvalue weighted by Crippen LogP contribution is -2.47. The second kappa shape index (κ2) is 6.55. The Morgan fingerprint density at radius 3 is 2.57 bits per heavy atom. The molecule has 1 aromatic rings. The molecule has 1 aromatic carbocycles. The lowest BCUT2D eigenvalue weighted by molar-refractivity contribution is -0.385. The normalized spacial score (nSPS) is 21.7. The van der Waals surface area contributed by atoms with Crippen molar-refractivity contribution in [3.8, 4) is 0 Å². The fraction of sp³-hybridized carbons (Fsp3) is 0.533. The molecule has 1 saturated carbocycles. The molecule has 1 aliphatic rings. The molecule has 5 nitrogen and oxygen atoms in total. The summed E-state index contributed by atoms with van der Waals surface area (Å²) in [5.41, 5.74) is 0.153. The highest BCUT2D eigenvalue weighted by atomic mass is 19.4. The van der Waals surface area contributed by atoms with Crippen LogP contribution < -0.4 is 5.32 Å². The van der Waals surface area contributed by atoms with Crippen LogP contribution in [0.5, 0.6) is 0 Å². The third-order valence-corrected chi connectivity index (χ3v) is 4.17. The van der Waals surface area contributed by atoms with Gasteiger partial charge in [0.15, 0.2) is 0 Å². The largest absolute Gasteiger partial charge is 0.393 e. The molecule has 0 aliphatic heterocycles. The molecule has 23 heavy (non-hydrogen) atoms. The predicted octanol–water partition coefficient (Wildman–Crippen LogP) is 3.75. The van der Waals surface area contributed by atoms with Gasteiger partial charge in [0.05, 0.1) is 10.8 Å². The van der Waals surface area contributed by atoms with Gasteiger partial charge in [-0.25, -0.2) is 0 Å². The number of hydrogen-bond acceptors (Lipinski definition) is 3. The SMILES string of the molecule is Cc1ccc(C(=O)N[C@@H]2CCCC[C@H]2C(F)(F)F)cc1[N+](=O)[O-]. The van der Waals surface area contributed by atoms with Gasteiger partial charge in [0.2, 0.25) is 0 Å². The summed E-state index contributed by atoms with van der Waals surface area (Å²) in [5, 5.41) is 13.3. The second-order valence-electron chi connectivity index (χ2n) is 5.77. The number of halogens is 3. The minimum Gasteiger partial charge on any atom is -0.349 e. The van der Waals surface area contributed by atoms with Crippen molar-refractivity contribution in [2.24, 2.45) is 5.92 Å². The van der Waals surface area contributed by atoms with Gasteiger partial charge in [0.1, 0.15) is 0 Å². The number of nitro benzene ring substituents is 1. The Balaban J connectivity index is 2.17. The Morgan fingerprint density at radius 2 is 1.96 bits per heavy atom. The number of carbonyl (C=O) groups is 1. The summed E-state index contributed by atoms with van der Waals surface area (Å²) in [6.07, 6.45) is -3.03. The maximum atomic E-state index is 13.0. The van der Waals surface area contributed by atoms with E-state index >= 15 is 0 Å². The predicted molar refractivity (Wildman–Crippen MR) is 77.1 cm³/mol. The van der Waals surface area contributed by atoms with Crippen LogP contribution in [-0.2, 0) is 0 Å². The Labute approximate surface area is 131 Å². The van der Waals surface area contributed by atoms with Crippen molar-refractivity contribution in [2.75, 3.05) is 0 Å². The molecule has 1 fully saturated rings. The quantitative estimate of drug-likeness (QED) is 0.677. The van der Waals surface area contributed by atoms with E-state index in [9.17, 15) is 28.1 Å². The van der Waals surface area contributed by atoms with Gasteiger partial charge in [-0.3, -0.25) is 14.9 Å². The first-order valence-corrected chi connectivity index (χ1v) is 7.33. The summed E-state index contributed by atoms with van der Waals surface area (Å²) in [4.78, 5) is 22.4. The lowest BCUT2D eigenvalue weighted by Gasteiger charge is -2.33. The molecule has 1 N–H and O–H groups in total. The first-order valence-electron chi connectivity index (χ1n) is 7.33. The number of aryl methyl sites for hydroxylation is 1. The zero-order valence-electron chi connectivity index (χ0n) is 12.5. The number of nitro groups is 1. The number of amides is 1. The zero-order valence-corrected chi connectivity index (χ0v) is 12.5. The van der Waals surface area contributed by atoms with Crippen LogP contribution in [0.3, 0.4) is 0 Å². The molecule has 126 valence electrons. The van der Waals surface area contributed by atoms with Crippen LogP contribution in [0.2, 0.25) is 0 Å². The van der Waals surface area contributed by atoms with Crippen molar-refractivity contribution < 1.29 is 22.9 Å². The molecule has 8 heteroatoms. The Hall–Kier alpha value is -2.12. The topological polar surface area (TPSA) is 72.2 Å². The van der Waals surface area contributed by atoms with Gasteiger partial charge >= 0.3 is 6.18 Å². The van der Waals surface area contributed by atoms with Gasteiger partial charge < -0.3 is 5.32 Å². The highest BCUT2D eigenvalue weighted by Crippen LogP contribution is 2.37. The monoisotopic (exact) mass is 330 g/mol. The molecule has 1 aliphatic carbocycles. The average molecular weight is 330 g/mol. The van der Waals surface area contributed by atoms with Crippen molar-refractivity contribution >= 4 is 11.6 Å². The van der Waals surface area contributed by atoms with Crippen molar-refractivity contribution in [2.45, 2.75) is 44.8 Å².